The van der Waals surface area contributed by atoms with Crippen molar-refractivity contribution in [2.75, 3.05) is 48.3 Å². The summed E-state index contributed by atoms with van der Waals surface area (Å²) in [6.07, 6.45) is 4.17. The number of aliphatic hydroxyl groups is 1. The fourth-order valence-electron chi connectivity index (χ4n) is 2.77. The van der Waals surface area contributed by atoms with E-state index in [4.69, 9.17) is 0 Å². The van der Waals surface area contributed by atoms with Crippen molar-refractivity contribution in [1.82, 2.24) is 15.0 Å². The summed E-state index contributed by atoms with van der Waals surface area (Å²) >= 11 is 0. The fourth-order valence-corrected chi connectivity index (χ4v) is 2.77. The number of nitrogens with one attached hydrogen (secondary N) is 1. The average Bonchev–Trinajstić information content (AvgIpc) is 2.94. The van der Waals surface area contributed by atoms with E-state index >= 15 is 0 Å². The Morgan fingerprint density at radius 3 is 2.30 bits per heavy atom. The number of rotatable bonds is 3. The Kier molecular flexibility index (Phi) is 3.86. The van der Waals surface area contributed by atoms with Crippen LogP contribution in [0.5, 0.6) is 0 Å². The van der Waals surface area contributed by atoms with Gasteiger partial charge in [-0.25, -0.2) is 0 Å². The molecular formula is C13H22N6O. The van der Waals surface area contributed by atoms with E-state index in [1.807, 2.05) is 11.9 Å². The molecule has 0 bridgehead atoms. The van der Waals surface area contributed by atoms with Gasteiger partial charge in [-0.1, -0.05) is 0 Å². The van der Waals surface area contributed by atoms with Crippen molar-refractivity contribution in [3.05, 3.63) is 0 Å². The van der Waals surface area contributed by atoms with Crippen LogP contribution in [0.3, 0.4) is 0 Å². The topological polar surface area (TPSA) is 77.4 Å². The predicted molar refractivity (Wildman–Crippen MR) is 78.3 cm³/mol. The maximum Gasteiger partial charge on any atom is 0.232 e. The summed E-state index contributed by atoms with van der Waals surface area (Å²) in [5, 5.41) is 12.7. The first-order chi connectivity index (χ1) is 9.76. The van der Waals surface area contributed by atoms with Crippen LogP contribution in [-0.4, -0.2) is 59.4 Å². The van der Waals surface area contributed by atoms with Crippen molar-refractivity contribution in [3.63, 3.8) is 0 Å². The standard InChI is InChI=1S/C13H22N6O/c1-14-11-15-12(18-6-3-2-4-7-18)17-13(16-11)19-8-5-10(20)9-19/h10,20H,2-9H2,1H3,(H,14,15,16,17). The maximum atomic E-state index is 9.67. The van der Waals surface area contributed by atoms with E-state index < -0.39 is 0 Å². The lowest BCUT2D eigenvalue weighted by Gasteiger charge is -2.27. The molecule has 110 valence electrons. The van der Waals surface area contributed by atoms with E-state index in [1.54, 1.807) is 0 Å². The number of anilines is 3. The molecule has 7 heteroatoms. The second kappa shape index (κ2) is 5.78. The van der Waals surface area contributed by atoms with E-state index in [2.05, 4.69) is 25.2 Å². The third-order valence-electron chi connectivity index (χ3n) is 3.92. The summed E-state index contributed by atoms with van der Waals surface area (Å²) in [6.45, 7) is 3.42. The van der Waals surface area contributed by atoms with Gasteiger partial charge in [0, 0.05) is 33.2 Å². The molecule has 3 heterocycles. The first-order valence-corrected chi connectivity index (χ1v) is 7.38. The zero-order valence-electron chi connectivity index (χ0n) is 11.9. The van der Waals surface area contributed by atoms with Gasteiger partial charge in [-0.3, -0.25) is 0 Å². The lowest BCUT2D eigenvalue weighted by molar-refractivity contribution is 0.198. The van der Waals surface area contributed by atoms with Crippen LogP contribution in [0.25, 0.3) is 0 Å². The van der Waals surface area contributed by atoms with Gasteiger partial charge in [0.1, 0.15) is 0 Å². The molecule has 0 amide bonds. The Morgan fingerprint density at radius 2 is 1.70 bits per heavy atom. The monoisotopic (exact) mass is 278 g/mol. The normalized spacial score (nSPS) is 23.2. The molecule has 0 aromatic carbocycles. The first-order valence-electron chi connectivity index (χ1n) is 7.38. The molecule has 0 radical (unpaired) electrons. The Labute approximate surface area is 119 Å². The Hall–Kier alpha value is -1.63. The summed E-state index contributed by atoms with van der Waals surface area (Å²) in [7, 11) is 1.82. The minimum Gasteiger partial charge on any atom is -0.391 e. The third-order valence-corrected chi connectivity index (χ3v) is 3.92. The molecule has 2 N–H and O–H groups in total. The van der Waals surface area contributed by atoms with Crippen molar-refractivity contribution in [2.24, 2.45) is 0 Å². The van der Waals surface area contributed by atoms with E-state index in [-0.39, 0.29) is 6.10 Å². The van der Waals surface area contributed by atoms with Gasteiger partial charge >= 0.3 is 0 Å². The number of aliphatic hydroxyl groups excluding tert-OH is 1. The average molecular weight is 278 g/mol. The van der Waals surface area contributed by atoms with Crippen LogP contribution in [0.1, 0.15) is 25.7 Å². The van der Waals surface area contributed by atoms with Crippen LogP contribution in [-0.2, 0) is 0 Å². The van der Waals surface area contributed by atoms with E-state index in [1.165, 1.54) is 19.3 Å². The van der Waals surface area contributed by atoms with E-state index in [0.29, 0.717) is 18.4 Å². The Morgan fingerprint density at radius 1 is 1.00 bits per heavy atom. The molecular weight excluding hydrogens is 256 g/mol. The van der Waals surface area contributed by atoms with Gasteiger partial charge in [0.2, 0.25) is 17.8 Å². The fraction of sp³-hybridized carbons (Fsp3) is 0.769. The Bertz CT molecular complexity index is 439. The lowest BCUT2D eigenvalue weighted by Crippen LogP contribution is -2.32. The summed E-state index contributed by atoms with van der Waals surface area (Å²) in [5.41, 5.74) is 0. The molecule has 2 aliphatic rings. The second-order valence-corrected chi connectivity index (χ2v) is 5.45. The SMILES string of the molecule is CNc1nc(N2CCCCC2)nc(N2CCC(O)C2)n1. The molecule has 2 aliphatic heterocycles. The van der Waals surface area contributed by atoms with Gasteiger partial charge < -0.3 is 20.2 Å². The number of nitrogens with zero attached hydrogens (tertiary/aromatic N) is 5. The quantitative estimate of drug-likeness (QED) is 0.832. The highest BCUT2D eigenvalue weighted by molar-refractivity contribution is 5.45. The highest BCUT2D eigenvalue weighted by Crippen LogP contribution is 2.22. The number of β-amino-alcohol motifs (C(OH)–C–C–N with tert-alkyl or cyclic N) is 1. The number of hydrogen-bond acceptors (Lipinski definition) is 7. The van der Waals surface area contributed by atoms with Gasteiger partial charge in [-0.2, -0.15) is 15.0 Å². The highest BCUT2D eigenvalue weighted by atomic mass is 16.3. The summed E-state index contributed by atoms with van der Waals surface area (Å²) in [4.78, 5) is 17.7. The van der Waals surface area contributed by atoms with Crippen molar-refractivity contribution in [1.29, 1.82) is 0 Å². The first kappa shape index (κ1) is 13.4. The largest absolute Gasteiger partial charge is 0.391 e. The molecule has 7 nitrogen and oxygen atoms in total. The van der Waals surface area contributed by atoms with Crippen LogP contribution in [0.4, 0.5) is 17.8 Å². The molecule has 1 aromatic rings. The number of hydrogen-bond donors (Lipinski definition) is 2. The van der Waals surface area contributed by atoms with Crippen LogP contribution in [0.15, 0.2) is 0 Å². The number of piperidine rings is 1. The zero-order valence-corrected chi connectivity index (χ0v) is 11.9. The van der Waals surface area contributed by atoms with E-state index in [9.17, 15) is 5.11 Å². The van der Waals surface area contributed by atoms with Crippen molar-refractivity contribution in [3.8, 4) is 0 Å². The Balaban J connectivity index is 1.86. The molecule has 0 spiro atoms. The van der Waals surface area contributed by atoms with Gasteiger partial charge in [0.05, 0.1) is 6.10 Å². The van der Waals surface area contributed by atoms with Gasteiger partial charge in [-0.05, 0) is 25.7 Å². The van der Waals surface area contributed by atoms with Crippen LogP contribution < -0.4 is 15.1 Å². The van der Waals surface area contributed by atoms with Crippen LogP contribution in [0.2, 0.25) is 0 Å². The van der Waals surface area contributed by atoms with Gasteiger partial charge in [0.15, 0.2) is 0 Å². The molecule has 1 aromatic heterocycles. The molecule has 1 unspecified atom stereocenters. The van der Waals surface area contributed by atoms with Gasteiger partial charge in [-0.15, -0.1) is 0 Å². The molecule has 20 heavy (non-hydrogen) atoms. The molecule has 0 aliphatic carbocycles. The minimum atomic E-state index is -0.275. The molecule has 2 saturated heterocycles. The smallest absolute Gasteiger partial charge is 0.232 e. The van der Waals surface area contributed by atoms with Crippen molar-refractivity contribution in [2.45, 2.75) is 31.8 Å². The molecule has 2 fully saturated rings. The highest BCUT2D eigenvalue weighted by Gasteiger charge is 2.24. The predicted octanol–water partition coefficient (Wildman–Crippen LogP) is 0.475. The van der Waals surface area contributed by atoms with Gasteiger partial charge in [0.25, 0.3) is 0 Å². The molecule has 3 rings (SSSR count). The lowest BCUT2D eigenvalue weighted by atomic mass is 10.1. The minimum absolute atomic E-state index is 0.275. The maximum absolute atomic E-state index is 9.67. The second-order valence-electron chi connectivity index (χ2n) is 5.45. The molecule has 0 saturated carbocycles. The number of aromatic nitrogens is 3. The summed E-state index contributed by atoms with van der Waals surface area (Å²) in [5.74, 6) is 2.01. The molecule has 1 atom stereocenters. The summed E-state index contributed by atoms with van der Waals surface area (Å²) in [6, 6.07) is 0. The summed E-state index contributed by atoms with van der Waals surface area (Å²) < 4.78 is 0. The zero-order chi connectivity index (χ0) is 13.9. The van der Waals surface area contributed by atoms with E-state index in [0.717, 1.165) is 32.0 Å². The third kappa shape index (κ3) is 2.77. The van der Waals surface area contributed by atoms with Crippen molar-refractivity contribution < 1.29 is 5.11 Å². The van der Waals surface area contributed by atoms with Crippen LogP contribution >= 0.6 is 0 Å². The van der Waals surface area contributed by atoms with Crippen molar-refractivity contribution >= 4 is 17.8 Å². The van der Waals surface area contributed by atoms with Crippen LogP contribution in [0, 0.1) is 0 Å².